The highest BCUT2D eigenvalue weighted by atomic mass is 32.1. The third-order valence-corrected chi connectivity index (χ3v) is 4.81. The minimum atomic E-state index is 0.772. The third-order valence-electron chi connectivity index (χ3n) is 4.40. The Morgan fingerprint density at radius 1 is 1.13 bits per heavy atom. The molecule has 118 valence electrons. The molecule has 0 aromatic carbocycles. The van der Waals surface area contributed by atoms with Gasteiger partial charge in [0.05, 0.1) is 26.2 Å². The zero-order valence-electron chi connectivity index (χ0n) is 12.9. The van der Waals surface area contributed by atoms with Gasteiger partial charge in [0.1, 0.15) is 0 Å². The molecular formula is C16H20N6S+2. The number of quaternary nitrogens is 1. The summed E-state index contributed by atoms with van der Waals surface area (Å²) in [4.78, 5) is 7.02. The number of pyridine rings is 2. The molecule has 1 aliphatic rings. The molecule has 0 amide bonds. The SMILES string of the molecule is S=c1n(C[NH+]2CCN(c3cc[nH+]cc3)CC2)nc2ccccn12. The van der Waals surface area contributed by atoms with Crippen molar-refractivity contribution in [1.29, 1.82) is 0 Å². The molecule has 7 heteroatoms. The first-order chi connectivity index (χ1) is 11.3. The van der Waals surface area contributed by atoms with E-state index in [0.29, 0.717) is 0 Å². The average Bonchev–Trinajstić information content (AvgIpc) is 2.93. The lowest BCUT2D eigenvalue weighted by Gasteiger charge is -2.33. The Kier molecular flexibility index (Phi) is 3.80. The summed E-state index contributed by atoms with van der Waals surface area (Å²) in [5.41, 5.74) is 2.20. The van der Waals surface area contributed by atoms with Crippen LogP contribution in [0.2, 0.25) is 0 Å². The van der Waals surface area contributed by atoms with Gasteiger partial charge in [0.2, 0.25) is 4.77 Å². The van der Waals surface area contributed by atoms with Crippen molar-refractivity contribution in [1.82, 2.24) is 14.2 Å². The number of piperazine rings is 1. The summed E-state index contributed by atoms with van der Waals surface area (Å²) in [7, 11) is 0. The van der Waals surface area contributed by atoms with Crippen molar-refractivity contribution in [3.63, 3.8) is 0 Å². The molecule has 0 unspecified atom stereocenters. The van der Waals surface area contributed by atoms with E-state index in [9.17, 15) is 0 Å². The minimum absolute atomic E-state index is 0.772. The molecule has 0 spiro atoms. The van der Waals surface area contributed by atoms with E-state index in [0.717, 1.165) is 43.3 Å². The lowest BCUT2D eigenvalue weighted by Crippen LogP contribution is -3.14. The van der Waals surface area contributed by atoms with Gasteiger partial charge >= 0.3 is 0 Å². The van der Waals surface area contributed by atoms with Crippen molar-refractivity contribution in [2.24, 2.45) is 0 Å². The van der Waals surface area contributed by atoms with Crippen LogP contribution in [0.3, 0.4) is 0 Å². The second kappa shape index (κ2) is 6.10. The molecule has 0 bridgehead atoms. The number of rotatable bonds is 3. The second-order valence-electron chi connectivity index (χ2n) is 5.86. The second-order valence-corrected chi connectivity index (χ2v) is 6.23. The number of nitrogens with one attached hydrogen (secondary N) is 2. The smallest absolute Gasteiger partial charge is 0.207 e. The summed E-state index contributed by atoms with van der Waals surface area (Å²) < 4.78 is 4.69. The standard InChI is InChI=1S/C16H18N6S/c23-16-21-8-2-1-3-15(21)18-22(16)13-19-9-11-20(12-10-19)14-4-6-17-7-5-14/h1-8H,9-13H2/p+2. The molecule has 0 radical (unpaired) electrons. The Morgan fingerprint density at radius 2 is 1.91 bits per heavy atom. The topological polar surface area (TPSA) is 44.0 Å². The third kappa shape index (κ3) is 2.85. The van der Waals surface area contributed by atoms with Crippen LogP contribution in [0.4, 0.5) is 5.69 Å². The van der Waals surface area contributed by atoms with Gasteiger partial charge in [-0.3, -0.25) is 4.40 Å². The fourth-order valence-electron chi connectivity index (χ4n) is 3.11. The molecular weight excluding hydrogens is 308 g/mol. The molecule has 4 heterocycles. The number of aromatic amines is 1. The van der Waals surface area contributed by atoms with Gasteiger partial charge < -0.3 is 9.80 Å². The number of aromatic nitrogens is 4. The van der Waals surface area contributed by atoms with Crippen LogP contribution in [0.25, 0.3) is 5.65 Å². The van der Waals surface area contributed by atoms with Gasteiger partial charge in [0.25, 0.3) is 0 Å². The first-order valence-electron chi connectivity index (χ1n) is 7.90. The van der Waals surface area contributed by atoms with Crippen molar-refractivity contribution in [2.75, 3.05) is 31.1 Å². The molecule has 3 aromatic heterocycles. The minimum Gasteiger partial charge on any atom is -0.360 e. The number of hydrogen-bond donors (Lipinski definition) is 1. The van der Waals surface area contributed by atoms with E-state index in [1.54, 1.807) is 0 Å². The first-order valence-corrected chi connectivity index (χ1v) is 8.31. The van der Waals surface area contributed by atoms with Crippen LogP contribution >= 0.6 is 12.2 Å². The van der Waals surface area contributed by atoms with E-state index in [2.05, 4.69) is 27.1 Å². The van der Waals surface area contributed by atoms with Crippen LogP contribution in [0.15, 0.2) is 48.9 Å². The average molecular weight is 328 g/mol. The molecule has 1 fully saturated rings. The van der Waals surface area contributed by atoms with E-state index >= 15 is 0 Å². The maximum Gasteiger partial charge on any atom is 0.207 e. The van der Waals surface area contributed by atoms with Crippen molar-refractivity contribution >= 4 is 23.6 Å². The lowest BCUT2D eigenvalue weighted by molar-refractivity contribution is -0.924. The van der Waals surface area contributed by atoms with Crippen LogP contribution in [-0.2, 0) is 6.67 Å². The van der Waals surface area contributed by atoms with Crippen LogP contribution in [0.5, 0.6) is 0 Å². The summed E-state index contributed by atoms with van der Waals surface area (Å²) in [5, 5.41) is 4.62. The van der Waals surface area contributed by atoms with Crippen molar-refractivity contribution in [3.05, 3.63) is 53.7 Å². The van der Waals surface area contributed by atoms with E-state index < -0.39 is 0 Å². The molecule has 2 N–H and O–H groups in total. The molecule has 4 rings (SSSR count). The monoisotopic (exact) mass is 328 g/mol. The van der Waals surface area contributed by atoms with Crippen LogP contribution < -0.4 is 14.8 Å². The van der Waals surface area contributed by atoms with Crippen molar-refractivity contribution < 1.29 is 9.88 Å². The Morgan fingerprint density at radius 3 is 2.65 bits per heavy atom. The number of hydrogen-bond acceptors (Lipinski definition) is 3. The predicted octanol–water partition coefficient (Wildman–Crippen LogP) is 0.0420. The van der Waals surface area contributed by atoms with Gasteiger partial charge in [-0.2, -0.15) is 4.68 Å². The Labute approximate surface area is 139 Å². The fraction of sp³-hybridized carbons (Fsp3) is 0.312. The van der Waals surface area contributed by atoms with Gasteiger partial charge in [-0.15, -0.1) is 5.10 Å². The fourth-order valence-corrected chi connectivity index (χ4v) is 3.37. The lowest BCUT2D eigenvalue weighted by atomic mass is 10.3. The van der Waals surface area contributed by atoms with Crippen LogP contribution in [0, 0.1) is 4.77 Å². The molecule has 0 aliphatic carbocycles. The van der Waals surface area contributed by atoms with Gasteiger partial charge in [0.15, 0.2) is 24.7 Å². The molecule has 1 aliphatic heterocycles. The van der Waals surface area contributed by atoms with Gasteiger partial charge in [-0.05, 0) is 24.4 Å². The number of H-pyrrole nitrogens is 1. The number of anilines is 1. The van der Waals surface area contributed by atoms with Gasteiger partial charge in [-0.1, -0.05) is 6.07 Å². The summed E-state index contributed by atoms with van der Waals surface area (Å²) in [6, 6.07) is 10.2. The van der Waals surface area contributed by atoms with Crippen LogP contribution in [0.1, 0.15) is 0 Å². The van der Waals surface area contributed by atoms with E-state index in [1.165, 1.54) is 10.6 Å². The Balaban J connectivity index is 1.45. The van der Waals surface area contributed by atoms with Gasteiger partial charge in [0, 0.05) is 24.0 Å². The quantitative estimate of drug-likeness (QED) is 0.691. The summed E-state index contributed by atoms with van der Waals surface area (Å²) >= 11 is 5.53. The molecule has 1 saturated heterocycles. The van der Waals surface area contributed by atoms with E-state index in [-0.39, 0.29) is 0 Å². The van der Waals surface area contributed by atoms with Crippen molar-refractivity contribution in [3.8, 4) is 0 Å². The highest BCUT2D eigenvalue weighted by molar-refractivity contribution is 7.71. The highest BCUT2D eigenvalue weighted by Gasteiger charge is 2.21. The first kappa shape index (κ1) is 14.3. The van der Waals surface area contributed by atoms with E-state index in [4.69, 9.17) is 12.2 Å². The molecule has 23 heavy (non-hydrogen) atoms. The number of fused-ring (bicyclic) bond motifs is 1. The van der Waals surface area contributed by atoms with E-state index in [1.807, 2.05) is 45.9 Å². The summed E-state index contributed by atoms with van der Waals surface area (Å²) in [6.07, 6.45) is 5.93. The molecule has 0 saturated carbocycles. The Bertz CT molecular complexity index is 848. The maximum absolute atomic E-state index is 5.53. The maximum atomic E-state index is 5.53. The summed E-state index contributed by atoms with van der Waals surface area (Å²) in [6.45, 7) is 5.12. The molecule has 3 aromatic rings. The van der Waals surface area contributed by atoms with Gasteiger partial charge in [-0.25, -0.2) is 4.98 Å². The molecule has 6 nitrogen and oxygen atoms in total. The van der Waals surface area contributed by atoms with Crippen LogP contribution in [-0.4, -0.2) is 40.4 Å². The molecule has 0 atom stereocenters. The zero-order chi connectivity index (χ0) is 15.6. The highest BCUT2D eigenvalue weighted by Crippen LogP contribution is 2.10. The zero-order valence-corrected chi connectivity index (χ0v) is 13.7. The largest absolute Gasteiger partial charge is 0.360 e. The normalized spacial score (nSPS) is 16.1. The predicted molar refractivity (Wildman–Crippen MR) is 89.9 cm³/mol. The van der Waals surface area contributed by atoms with Crippen molar-refractivity contribution in [2.45, 2.75) is 6.67 Å². The Hall–Kier alpha value is -2.25. The summed E-state index contributed by atoms with van der Waals surface area (Å²) in [5.74, 6) is 0. The number of nitrogens with zero attached hydrogens (tertiary/aromatic N) is 4.